The number of rotatable bonds is 3. The number of carbonyl (C=O) groups is 1. The van der Waals surface area contributed by atoms with Crippen molar-refractivity contribution in [1.29, 1.82) is 0 Å². The molecule has 0 aromatic heterocycles. The SMILES string of the molecule is C=C(C)C(=O)C(O)CC. The maximum absolute atomic E-state index is 10.7. The lowest BCUT2D eigenvalue weighted by atomic mass is 10.1. The summed E-state index contributed by atoms with van der Waals surface area (Å²) in [5.41, 5.74) is 0.421. The van der Waals surface area contributed by atoms with Crippen molar-refractivity contribution < 1.29 is 9.90 Å². The van der Waals surface area contributed by atoms with Crippen LogP contribution in [0.25, 0.3) is 0 Å². The van der Waals surface area contributed by atoms with Gasteiger partial charge in [0.15, 0.2) is 5.78 Å². The highest BCUT2D eigenvalue weighted by molar-refractivity contribution is 5.97. The molecule has 0 aromatic carbocycles. The predicted octanol–water partition coefficient (Wildman–Crippen LogP) is 0.902. The van der Waals surface area contributed by atoms with Crippen LogP contribution in [0.3, 0.4) is 0 Å². The van der Waals surface area contributed by atoms with Crippen LogP contribution in [-0.2, 0) is 4.79 Å². The molecule has 2 nitrogen and oxygen atoms in total. The molecule has 0 saturated heterocycles. The van der Waals surface area contributed by atoms with Crippen molar-refractivity contribution in [3.63, 3.8) is 0 Å². The van der Waals surface area contributed by atoms with E-state index in [0.29, 0.717) is 12.0 Å². The highest BCUT2D eigenvalue weighted by Gasteiger charge is 2.11. The Morgan fingerprint density at radius 3 is 2.33 bits per heavy atom. The van der Waals surface area contributed by atoms with Gasteiger partial charge in [-0.2, -0.15) is 0 Å². The van der Waals surface area contributed by atoms with E-state index in [1.807, 2.05) is 0 Å². The number of hydrogen-bond acceptors (Lipinski definition) is 2. The molecule has 1 atom stereocenters. The van der Waals surface area contributed by atoms with Gasteiger partial charge in [-0.3, -0.25) is 4.79 Å². The summed E-state index contributed by atoms with van der Waals surface area (Å²) in [6.45, 7) is 6.77. The summed E-state index contributed by atoms with van der Waals surface area (Å²) in [6.07, 6.45) is -0.381. The van der Waals surface area contributed by atoms with Crippen LogP contribution in [0.5, 0.6) is 0 Å². The fourth-order valence-electron chi connectivity index (χ4n) is 0.470. The molecule has 52 valence electrons. The first-order valence-electron chi connectivity index (χ1n) is 2.97. The molecule has 2 heteroatoms. The summed E-state index contributed by atoms with van der Waals surface area (Å²) in [5.74, 6) is -0.252. The van der Waals surface area contributed by atoms with E-state index >= 15 is 0 Å². The summed E-state index contributed by atoms with van der Waals surface area (Å²) in [6, 6.07) is 0. The van der Waals surface area contributed by atoms with Gasteiger partial charge < -0.3 is 5.11 Å². The van der Waals surface area contributed by atoms with Crippen LogP contribution in [0.15, 0.2) is 12.2 Å². The third kappa shape index (κ3) is 2.42. The first-order valence-corrected chi connectivity index (χ1v) is 2.97. The van der Waals surface area contributed by atoms with Crippen LogP contribution in [0.1, 0.15) is 20.3 Å². The molecule has 9 heavy (non-hydrogen) atoms. The largest absolute Gasteiger partial charge is 0.385 e. The Morgan fingerprint density at radius 1 is 1.78 bits per heavy atom. The third-order valence-electron chi connectivity index (χ3n) is 1.11. The second-order valence-electron chi connectivity index (χ2n) is 2.07. The average molecular weight is 128 g/mol. The standard InChI is InChI=1S/C7H12O2/c1-4-6(8)7(9)5(2)3/h6,8H,2,4H2,1,3H3. The number of aliphatic hydroxyl groups excluding tert-OH is 1. The quantitative estimate of drug-likeness (QED) is 0.573. The van der Waals surface area contributed by atoms with Crippen LogP contribution < -0.4 is 0 Å². The zero-order valence-corrected chi connectivity index (χ0v) is 5.85. The first-order chi connectivity index (χ1) is 4.09. The van der Waals surface area contributed by atoms with Crippen molar-refractivity contribution in [2.24, 2.45) is 0 Å². The normalized spacial score (nSPS) is 12.8. The van der Waals surface area contributed by atoms with Gasteiger partial charge in [0.1, 0.15) is 6.10 Å². The Morgan fingerprint density at radius 2 is 2.22 bits per heavy atom. The second kappa shape index (κ2) is 3.41. The lowest BCUT2D eigenvalue weighted by Crippen LogP contribution is -2.19. The number of carbonyl (C=O) groups excluding carboxylic acids is 1. The van der Waals surface area contributed by atoms with Crippen molar-refractivity contribution >= 4 is 5.78 Å². The summed E-state index contributed by atoms with van der Waals surface area (Å²) in [4.78, 5) is 10.7. The Kier molecular flexibility index (Phi) is 3.17. The maximum atomic E-state index is 10.7. The van der Waals surface area contributed by atoms with E-state index in [1.165, 1.54) is 0 Å². The monoisotopic (exact) mass is 128 g/mol. The number of hydrogen-bond donors (Lipinski definition) is 1. The van der Waals surface area contributed by atoms with Crippen LogP contribution in [0.2, 0.25) is 0 Å². The van der Waals surface area contributed by atoms with Gasteiger partial charge in [-0.25, -0.2) is 0 Å². The minimum absolute atomic E-state index is 0.252. The highest BCUT2D eigenvalue weighted by atomic mass is 16.3. The molecule has 1 N–H and O–H groups in total. The summed E-state index contributed by atoms with van der Waals surface area (Å²) >= 11 is 0. The summed E-state index contributed by atoms with van der Waals surface area (Å²) in [5, 5.41) is 8.89. The van der Waals surface area contributed by atoms with E-state index in [4.69, 9.17) is 5.11 Å². The zero-order chi connectivity index (χ0) is 7.44. The third-order valence-corrected chi connectivity index (χ3v) is 1.11. The smallest absolute Gasteiger partial charge is 0.186 e. The Bertz CT molecular complexity index is 127. The number of ketones is 1. The van der Waals surface area contributed by atoms with Gasteiger partial charge >= 0.3 is 0 Å². The molecular weight excluding hydrogens is 116 g/mol. The lowest BCUT2D eigenvalue weighted by molar-refractivity contribution is -0.123. The molecule has 0 bridgehead atoms. The van der Waals surface area contributed by atoms with E-state index < -0.39 is 6.10 Å². The van der Waals surface area contributed by atoms with Crippen LogP contribution in [-0.4, -0.2) is 17.0 Å². The molecule has 1 unspecified atom stereocenters. The average Bonchev–Trinajstić information content (AvgIpc) is 1.84. The number of aliphatic hydroxyl groups is 1. The van der Waals surface area contributed by atoms with E-state index in [0.717, 1.165) is 0 Å². The van der Waals surface area contributed by atoms with Crippen molar-refractivity contribution in [2.75, 3.05) is 0 Å². The van der Waals surface area contributed by atoms with E-state index in [-0.39, 0.29) is 5.78 Å². The second-order valence-corrected chi connectivity index (χ2v) is 2.07. The van der Waals surface area contributed by atoms with Gasteiger partial charge in [0.25, 0.3) is 0 Å². The van der Waals surface area contributed by atoms with Crippen molar-refractivity contribution in [1.82, 2.24) is 0 Å². The van der Waals surface area contributed by atoms with Gasteiger partial charge in [-0.05, 0) is 18.9 Å². The molecular formula is C7H12O2. The van der Waals surface area contributed by atoms with E-state index in [1.54, 1.807) is 13.8 Å². The highest BCUT2D eigenvalue weighted by Crippen LogP contribution is 1.98. The van der Waals surface area contributed by atoms with E-state index in [9.17, 15) is 4.79 Å². The van der Waals surface area contributed by atoms with Crippen molar-refractivity contribution in [3.05, 3.63) is 12.2 Å². The van der Waals surface area contributed by atoms with Gasteiger partial charge in [-0.15, -0.1) is 0 Å². The molecule has 0 fully saturated rings. The molecule has 0 amide bonds. The van der Waals surface area contributed by atoms with Crippen molar-refractivity contribution in [2.45, 2.75) is 26.4 Å². The molecule has 0 saturated carbocycles. The Hall–Kier alpha value is -0.630. The van der Waals surface area contributed by atoms with Crippen molar-refractivity contribution in [3.8, 4) is 0 Å². The summed E-state index contributed by atoms with van der Waals surface area (Å²) in [7, 11) is 0. The Labute approximate surface area is 55.2 Å². The zero-order valence-electron chi connectivity index (χ0n) is 5.85. The van der Waals surface area contributed by atoms with Crippen LogP contribution in [0.4, 0.5) is 0 Å². The van der Waals surface area contributed by atoms with Crippen LogP contribution in [0, 0.1) is 0 Å². The van der Waals surface area contributed by atoms with Gasteiger partial charge in [0.2, 0.25) is 0 Å². The molecule has 0 aliphatic heterocycles. The molecule has 0 aromatic rings. The number of Topliss-reactive ketones (excluding diaryl/α,β-unsaturated/α-hetero) is 1. The minimum Gasteiger partial charge on any atom is -0.385 e. The van der Waals surface area contributed by atoms with Crippen LogP contribution >= 0.6 is 0 Å². The molecule has 0 aliphatic rings. The fraction of sp³-hybridized carbons (Fsp3) is 0.571. The fourth-order valence-corrected chi connectivity index (χ4v) is 0.470. The lowest BCUT2D eigenvalue weighted by Gasteiger charge is -2.03. The molecule has 0 radical (unpaired) electrons. The molecule has 0 aliphatic carbocycles. The Balaban J connectivity index is 3.88. The maximum Gasteiger partial charge on any atom is 0.186 e. The minimum atomic E-state index is -0.845. The molecule has 0 spiro atoms. The molecule has 0 rings (SSSR count). The summed E-state index contributed by atoms with van der Waals surface area (Å²) < 4.78 is 0. The first kappa shape index (κ1) is 8.37. The predicted molar refractivity (Wildman–Crippen MR) is 36.1 cm³/mol. The topological polar surface area (TPSA) is 37.3 Å². The van der Waals surface area contributed by atoms with Gasteiger partial charge in [0.05, 0.1) is 0 Å². The van der Waals surface area contributed by atoms with E-state index in [2.05, 4.69) is 6.58 Å². The molecule has 0 heterocycles. The van der Waals surface area contributed by atoms with Gasteiger partial charge in [-0.1, -0.05) is 13.5 Å². The van der Waals surface area contributed by atoms with Gasteiger partial charge in [0, 0.05) is 0 Å².